The van der Waals surface area contributed by atoms with Crippen LogP contribution in [-0.4, -0.2) is 35.8 Å². The average Bonchev–Trinajstić information content (AvgIpc) is 3.34. The largest absolute Gasteiger partial charge is 0.416 e. The predicted molar refractivity (Wildman–Crippen MR) is 77.1 cm³/mol. The van der Waals surface area contributed by atoms with Crippen molar-refractivity contribution < 1.29 is 22.8 Å². The maximum absolute atomic E-state index is 12.5. The molecule has 0 radical (unpaired) electrons. The number of nitrogens with zero attached hydrogens (tertiary/aromatic N) is 1. The smallest absolute Gasteiger partial charge is 0.346 e. The molecular formula is C15H18F3N3O2. The minimum absolute atomic E-state index is 0.0829. The van der Waals surface area contributed by atoms with Gasteiger partial charge in [-0.25, -0.2) is 0 Å². The average molecular weight is 329 g/mol. The van der Waals surface area contributed by atoms with Gasteiger partial charge in [0, 0.05) is 12.6 Å². The lowest BCUT2D eigenvalue weighted by atomic mass is 10.1. The summed E-state index contributed by atoms with van der Waals surface area (Å²) in [5.74, 6) is -0.696. The number of benzene rings is 1. The van der Waals surface area contributed by atoms with Crippen molar-refractivity contribution in [2.24, 2.45) is 5.73 Å². The zero-order chi connectivity index (χ0) is 17.0. The maximum atomic E-state index is 12.5. The van der Waals surface area contributed by atoms with Gasteiger partial charge in [-0.05, 0) is 30.5 Å². The second kappa shape index (κ2) is 6.99. The standard InChI is InChI=1S/C15H18F3N3O2/c16-15(17,18)11-3-1-10(2-4-11)9-21(12-5-6-12)14(23)8-20-13(22)7-19/h1-4,12H,5-9,19H2,(H,20,22). The Kier molecular flexibility index (Phi) is 5.25. The summed E-state index contributed by atoms with van der Waals surface area (Å²) >= 11 is 0. The Balaban J connectivity index is 1.99. The normalized spacial score (nSPS) is 14.4. The minimum Gasteiger partial charge on any atom is -0.346 e. The Hall–Kier alpha value is -2.09. The Labute approximate surface area is 131 Å². The van der Waals surface area contributed by atoms with Crippen LogP contribution in [0.2, 0.25) is 0 Å². The molecule has 0 heterocycles. The van der Waals surface area contributed by atoms with Crippen molar-refractivity contribution in [2.45, 2.75) is 31.6 Å². The van der Waals surface area contributed by atoms with Crippen LogP contribution < -0.4 is 11.1 Å². The number of amides is 2. The quantitative estimate of drug-likeness (QED) is 0.825. The number of hydrogen-bond donors (Lipinski definition) is 2. The van der Waals surface area contributed by atoms with Crippen molar-refractivity contribution in [1.82, 2.24) is 10.2 Å². The third-order valence-electron chi connectivity index (χ3n) is 3.56. The molecule has 0 saturated heterocycles. The summed E-state index contributed by atoms with van der Waals surface area (Å²) < 4.78 is 37.6. The van der Waals surface area contributed by atoms with Gasteiger partial charge in [-0.1, -0.05) is 12.1 Å². The minimum atomic E-state index is -4.38. The highest BCUT2D eigenvalue weighted by atomic mass is 19.4. The van der Waals surface area contributed by atoms with Crippen molar-refractivity contribution >= 4 is 11.8 Å². The molecule has 0 aromatic heterocycles. The van der Waals surface area contributed by atoms with Crippen LogP contribution in [0.15, 0.2) is 24.3 Å². The molecule has 1 aliphatic rings. The fraction of sp³-hybridized carbons (Fsp3) is 0.467. The zero-order valence-corrected chi connectivity index (χ0v) is 12.4. The van der Waals surface area contributed by atoms with Crippen LogP contribution in [0.5, 0.6) is 0 Å². The first-order valence-corrected chi connectivity index (χ1v) is 7.23. The first-order chi connectivity index (χ1) is 10.8. The topological polar surface area (TPSA) is 75.4 Å². The first kappa shape index (κ1) is 17.3. The Morgan fingerprint density at radius 1 is 1.22 bits per heavy atom. The fourth-order valence-corrected chi connectivity index (χ4v) is 2.15. The molecule has 2 rings (SSSR count). The first-order valence-electron chi connectivity index (χ1n) is 7.23. The SMILES string of the molecule is NCC(=O)NCC(=O)N(Cc1ccc(C(F)(F)F)cc1)C1CC1. The third-order valence-corrected chi connectivity index (χ3v) is 3.56. The van der Waals surface area contributed by atoms with Gasteiger partial charge in [0.05, 0.1) is 18.7 Å². The summed E-state index contributed by atoms with van der Waals surface area (Å²) in [4.78, 5) is 24.8. The molecular weight excluding hydrogens is 311 g/mol. The molecule has 8 heteroatoms. The highest BCUT2D eigenvalue weighted by Crippen LogP contribution is 2.31. The molecule has 1 aromatic rings. The summed E-state index contributed by atoms with van der Waals surface area (Å²) in [5.41, 5.74) is 5.04. The van der Waals surface area contributed by atoms with Crippen LogP contribution >= 0.6 is 0 Å². The molecule has 3 N–H and O–H groups in total. The monoisotopic (exact) mass is 329 g/mol. The van der Waals surface area contributed by atoms with E-state index in [2.05, 4.69) is 5.32 Å². The number of carbonyl (C=O) groups excluding carboxylic acids is 2. The van der Waals surface area contributed by atoms with Crippen LogP contribution in [0.4, 0.5) is 13.2 Å². The number of hydrogen-bond acceptors (Lipinski definition) is 3. The number of alkyl halides is 3. The maximum Gasteiger partial charge on any atom is 0.416 e. The number of rotatable bonds is 6. The van der Waals surface area contributed by atoms with Crippen molar-refractivity contribution in [2.75, 3.05) is 13.1 Å². The van der Waals surface area contributed by atoms with Crippen LogP contribution in [0, 0.1) is 0 Å². The lowest BCUT2D eigenvalue weighted by Crippen LogP contribution is -2.42. The second-order valence-electron chi connectivity index (χ2n) is 5.43. The molecule has 0 atom stereocenters. The third kappa shape index (κ3) is 4.95. The van der Waals surface area contributed by atoms with E-state index in [1.54, 1.807) is 4.90 Å². The molecule has 2 amide bonds. The summed E-state index contributed by atoms with van der Waals surface area (Å²) in [5, 5.41) is 2.41. The molecule has 0 spiro atoms. The lowest BCUT2D eigenvalue weighted by molar-refractivity contribution is -0.137. The Morgan fingerprint density at radius 3 is 2.30 bits per heavy atom. The van der Waals surface area contributed by atoms with Gasteiger partial charge in [-0.2, -0.15) is 13.2 Å². The van der Waals surface area contributed by atoms with Crippen LogP contribution in [-0.2, 0) is 22.3 Å². The van der Waals surface area contributed by atoms with Crippen LogP contribution in [0.25, 0.3) is 0 Å². The molecule has 5 nitrogen and oxygen atoms in total. The molecule has 0 unspecified atom stereocenters. The second-order valence-corrected chi connectivity index (χ2v) is 5.43. The molecule has 1 aromatic carbocycles. The van der Waals surface area contributed by atoms with Gasteiger partial charge in [0.1, 0.15) is 0 Å². The van der Waals surface area contributed by atoms with E-state index in [1.807, 2.05) is 0 Å². The van der Waals surface area contributed by atoms with Crippen LogP contribution in [0.1, 0.15) is 24.0 Å². The fourth-order valence-electron chi connectivity index (χ4n) is 2.15. The summed E-state index contributed by atoms with van der Waals surface area (Å²) in [6.45, 7) is -0.136. The van der Waals surface area contributed by atoms with Crippen molar-refractivity contribution in [3.05, 3.63) is 35.4 Å². The summed E-state index contributed by atoms with van der Waals surface area (Å²) in [6, 6.07) is 4.82. The van der Waals surface area contributed by atoms with Gasteiger partial charge in [0.25, 0.3) is 0 Å². The number of halogens is 3. The van der Waals surface area contributed by atoms with E-state index < -0.39 is 17.6 Å². The van der Waals surface area contributed by atoms with Gasteiger partial charge in [-0.3, -0.25) is 9.59 Å². The van der Waals surface area contributed by atoms with E-state index in [4.69, 9.17) is 5.73 Å². The van der Waals surface area contributed by atoms with Crippen LogP contribution in [0.3, 0.4) is 0 Å². The molecule has 0 bridgehead atoms. The van der Waals surface area contributed by atoms with Gasteiger partial charge < -0.3 is 16.0 Å². The van der Waals surface area contributed by atoms with Crippen molar-refractivity contribution in [3.8, 4) is 0 Å². The van der Waals surface area contributed by atoms with Gasteiger partial charge in [-0.15, -0.1) is 0 Å². The van der Waals surface area contributed by atoms with Gasteiger partial charge in [0.15, 0.2) is 0 Å². The van der Waals surface area contributed by atoms with E-state index in [0.717, 1.165) is 25.0 Å². The molecule has 1 fully saturated rings. The molecule has 0 aliphatic heterocycles. The molecule has 23 heavy (non-hydrogen) atoms. The Bertz CT molecular complexity index is 568. The Morgan fingerprint density at radius 2 is 1.83 bits per heavy atom. The highest BCUT2D eigenvalue weighted by Gasteiger charge is 2.33. The number of carbonyl (C=O) groups is 2. The summed E-state index contributed by atoms with van der Waals surface area (Å²) in [7, 11) is 0. The lowest BCUT2D eigenvalue weighted by Gasteiger charge is -2.23. The predicted octanol–water partition coefficient (Wildman–Crippen LogP) is 1.27. The molecule has 126 valence electrons. The molecule has 1 aliphatic carbocycles. The number of nitrogens with two attached hydrogens (primary N) is 1. The van der Waals surface area contributed by atoms with E-state index in [0.29, 0.717) is 5.56 Å². The summed E-state index contributed by atoms with van der Waals surface area (Å²) in [6.07, 6.45) is -2.66. The highest BCUT2D eigenvalue weighted by molar-refractivity contribution is 5.85. The van der Waals surface area contributed by atoms with E-state index >= 15 is 0 Å². The van der Waals surface area contributed by atoms with E-state index in [-0.39, 0.29) is 31.6 Å². The number of nitrogens with one attached hydrogen (secondary N) is 1. The van der Waals surface area contributed by atoms with Crippen molar-refractivity contribution in [1.29, 1.82) is 0 Å². The zero-order valence-electron chi connectivity index (χ0n) is 12.4. The van der Waals surface area contributed by atoms with Gasteiger partial charge in [0.2, 0.25) is 11.8 Å². The van der Waals surface area contributed by atoms with E-state index in [1.165, 1.54) is 12.1 Å². The molecule has 1 saturated carbocycles. The van der Waals surface area contributed by atoms with Gasteiger partial charge >= 0.3 is 6.18 Å². The van der Waals surface area contributed by atoms with E-state index in [9.17, 15) is 22.8 Å². The van der Waals surface area contributed by atoms with Crippen molar-refractivity contribution in [3.63, 3.8) is 0 Å².